The van der Waals surface area contributed by atoms with Crippen molar-refractivity contribution in [2.45, 2.75) is 26.8 Å². The van der Waals surface area contributed by atoms with Crippen LogP contribution in [0.3, 0.4) is 0 Å². The van der Waals surface area contributed by atoms with E-state index < -0.39 is 0 Å². The van der Waals surface area contributed by atoms with Gasteiger partial charge >= 0.3 is 0 Å². The lowest BCUT2D eigenvalue weighted by Crippen LogP contribution is -2.07. The second kappa shape index (κ2) is 5.74. The van der Waals surface area contributed by atoms with Crippen molar-refractivity contribution in [3.8, 4) is 0 Å². The van der Waals surface area contributed by atoms with E-state index in [0.29, 0.717) is 0 Å². The summed E-state index contributed by atoms with van der Waals surface area (Å²) >= 11 is 0. The molecule has 94 valence electrons. The number of hydrogen-bond acceptors (Lipinski definition) is 3. The first kappa shape index (κ1) is 12.7. The normalized spacial score (nSPS) is 10.6. The molecule has 0 atom stereocenters. The van der Waals surface area contributed by atoms with Crippen LogP contribution in [-0.2, 0) is 13.0 Å². The van der Waals surface area contributed by atoms with Crippen LogP contribution in [0.4, 0.5) is 0 Å². The van der Waals surface area contributed by atoms with Gasteiger partial charge in [-0.2, -0.15) is 0 Å². The number of aromatic nitrogens is 2. The Morgan fingerprint density at radius 3 is 2.33 bits per heavy atom. The molecule has 1 aromatic carbocycles. The number of nitrogens with zero attached hydrogens (tertiary/aromatic N) is 2. The maximum atomic E-state index is 4.39. The highest BCUT2D eigenvalue weighted by Crippen LogP contribution is 2.12. The molecular formula is C15H19N3. The molecular weight excluding hydrogens is 222 g/mol. The smallest absolute Gasteiger partial charge is 0.132 e. The van der Waals surface area contributed by atoms with Gasteiger partial charge in [-0.25, -0.2) is 9.97 Å². The fourth-order valence-electron chi connectivity index (χ4n) is 1.86. The molecule has 0 aliphatic heterocycles. The lowest BCUT2D eigenvalue weighted by atomic mass is 10.0. The lowest BCUT2D eigenvalue weighted by Gasteiger charge is -2.05. The number of nitrogens with one attached hydrogen (secondary N) is 1. The Kier molecular flexibility index (Phi) is 4.05. The van der Waals surface area contributed by atoms with E-state index in [-0.39, 0.29) is 0 Å². The molecule has 2 rings (SSSR count). The minimum absolute atomic E-state index is 0.793. The number of hydrogen-bond donors (Lipinski definition) is 1. The van der Waals surface area contributed by atoms with Gasteiger partial charge in [0.25, 0.3) is 0 Å². The molecule has 18 heavy (non-hydrogen) atoms. The van der Waals surface area contributed by atoms with E-state index in [1.807, 2.05) is 19.4 Å². The third-order valence-corrected chi connectivity index (χ3v) is 3.07. The van der Waals surface area contributed by atoms with Gasteiger partial charge in [0.05, 0.1) is 0 Å². The largest absolute Gasteiger partial charge is 0.316 e. The summed E-state index contributed by atoms with van der Waals surface area (Å²) in [5, 5.41) is 3.09. The van der Waals surface area contributed by atoms with Gasteiger partial charge < -0.3 is 5.32 Å². The topological polar surface area (TPSA) is 37.8 Å². The SMILES string of the molecule is CNCc1cnc(Cc2ccc(C)c(C)c2)nc1. The molecule has 1 heterocycles. The first-order valence-electron chi connectivity index (χ1n) is 6.19. The Balaban J connectivity index is 2.10. The van der Waals surface area contributed by atoms with Crippen LogP contribution < -0.4 is 5.32 Å². The van der Waals surface area contributed by atoms with Crippen LogP contribution in [0.1, 0.15) is 28.1 Å². The van der Waals surface area contributed by atoms with Gasteiger partial charge in [-0.15, -0.1) is 0 Å². The van der Waals surface area contributed by atoms with Gasteiger partial charge in [-0.05, 0) is 37.6 Å². The average Bonchev–Trinajstić information content (AvgIpc) is 2.37. The van der Waals surface area contributed by atoms with Crippen molar-refractivity contribution >= 4 is 0 Å². The Morgan fingerprint density at radius 2 is 1.72 bits per heavy atom. The zero-order valence-electron chi connectivity index (χ0n) is 11.2. The predicted molar refractivity (Wildman–Crippen MR) is 73.5 cm³/mol. The minimum atomic E-state index is 0.793. The summed E-state index contributed by atoms with van der Waals surface area (Å²) in [5.74, 6) is 0.873. The molecule has 0 aliphatic carbocycles. The molecule has 0 fully saturated rings. The molecule has 2 aromatic rings. The van der Waals surface area contributed by atoms with Crippen molar-refractivity contribution in [3.05, 3.63) is 58.7 Å². The van der Waals surface area contributed by atoms with Crippen LogP contribution in [0, 0.1) is 13.8 Å². The number of aryl methyl sites for hydroxylation is 2. The van der Waals surface area contributed by atoms with Crippen molar-refractivity contribution in [1.82, 2.24) is 15.3 Å². The van der Waals surface area contributed by atoms with Crippen molar-refractivity contribution in [1.29, 1.82) is 0 Å². The van der Waals surface area contributed by atoms with Crippen molar-refractivity contribution < 1.29 is 0 Å². The van der Waals surface area contributed by atoms with E-state index in [9.17, 15) is 0 Å². The fourth-order valence-corrected chi connectivity index (χ4v) is 1.86. The van der Waals surface area contributed by atoms with Crippen LogP contribution in [0.5, 0.6) is 0 Å². The molecule has 0 radical (unpaired) electrons. The third-order valence-electron chi connectivity index (χ3n) is 3.07. The summed E-state index contributed by atoms with van der Waals surface area (Å²) in [6.45, 7) is 5.07. The number of rotatable bonds is 4. The highest BCUT2D eigenvalue weighted by atomic mass is 14.9. The maximum Gasteiger partial charge on any atom is 0.132 e. The molecule has 0 bridgehead atoms. The van der Waals surface area contributed by atoms with Gasteiger partial charge in [-0.1, -0.05) is 18.2 Å². The van der Waals surface area contributed by atoms with E-state index in [4.69, 9.17) is 0 Å². The van der Waals surface area contributed by atoms with Gasteiger partial charge in [0.2, 0.25) is 0 Å². The first-order chi connectivity index (χ1) is 8.69. The predicted octanol–water partition coefficient (Wildman–Crippen LogP) is 2.40. The van der Waals surface area contributed by atoms with Crippen LogP contribution in [0.25, 0.3) is 0 Å². The fraction of sp³-hybridized carbons (Fsp3) is 0.333. The molecule has 0 spiro atoms. The standard InChI is InChI=1S/C15H19N3/c1-11-4-5-13(6-12(11)2)7-15-17-9-14(8-16-3)10-18-15/h4-6,9-10,16H,7-8H2,1-3H3. The van der Waals surface area contributed by atoms with E-state index in [0.717, 1.165) is 24.4 Å². The van der Waals surface area contributed by atoms with Gasteiger partial charge in [-0.3, -0.25) is 0 Å². The van der Waals surface area contributed by atoms with Crippen LogP contribution in [0.15, 0.2) is 30.6 Å². The molecule has 1 aromatic heterocycles. The van der Waals surface area contributed by atoms with E-state index >= 15 is 0 Å². The van der Waals surface area contributed by atoms with E-state index in [2.05, 4.69) is 47.3 Å². The molecule has 3 heteroatoms. The molecule has 0 aliphatic rings. The monoisotopic (exact) mass is 241 g/mol. The summed E-state index contributed by atoms with van der Waals surface area (Å²) in [6, 6.07) is 6.51. The van der Waals surface area contributed by atoms with Crippen molar-refractivity contribution in [2.75, 3.05) is 7.05 Å². The Labute approximate surface area is 108 Å². The highest BCUT2D eigenvalue weighted by molar-refractivity contribution is 5.31. The number of benzene rings is 1. The lowest BCUT2D eigenvalue weighted by molar-refractivity contribution is 0.798. The molecule has 3 nitrogen and oxygen atoms in total. The average molecular weight is 241 g/mol. The van der Waals surface area contributed by atoms with Crippen molar-refractivity contribution in [2.24, 2.45) is 0 Å². The molecule has 0 unspecified atom stereocenters. The molecule has 0 saturated heterocycles. The van der Waals surface area contributed by atoms with Crippen LogP contribution >= 0.6 is 0 Å². The Bertz CT molecular complexity index is 518. The maximum absolute atomic E-state index is 4.39. The third kappa shape index (κ3) is 3.14. The van der Waals surface area contributed by atoms with E-state index in [1.54, 1.807) is 0 Å². The van der Waals surface area contributed by atoms with Gasteiger partial charge in [0.1, 0.15) is 5.82 Å². The molecule has 1 N–H and O–H groups in total. The Morgan fingerprint density at radius 1 is 1.00 bits per heavy atom. The summed E-state index contributed by atoms with van der Waals surface area (Å²) in [7, 11) is 1.92. The second-order valence-corrected chi connectivity index (χ2v) is 4.63. The highest BCUT2D eigenvalue weighted by Gasteiger charge is 2.01. The Hall–Kier alpha value is -1.74. The summed E-state index contributed by atoms with van der Waals surface area (Å²) in [4.78, 5) is 8.79. The van der Waals surface area contributed by atoms with Crippen LogP contribution in [-0.4, -0.2) is 17.0 Å². The van der Waals surface area contributed by atoms with Crippen molar-refractivity contribution in [3.63, 3.8) is 0 Å². The summed E-state index contributed by atoms with van der Waals surface area (Å²) < 4.78 is 0. The second-order valence-electron chi connectivity index (χ2n) is 4.63. The van der Waals surface area contributed by atoms with Gasteiger partial charge in [0, 0.05) is 30.9 Å². The summed E-state index contributed by atoms with van der Waals surface area (Å²) in [6.07, 6.45) is 4.57. The quantitative estimate of drug-likeness (QED) is 0.893. The zero-order chi connectivity index (χ0) is 13.0. The molecule has 0 saturated carbocycles. The minimum Gasteiger partial charge on any atom is -0.316 e. The van der Waals surface area contributed by atoms with E-state index in [1.165, 1.54) is 16.7 Å². The zero-order valence-corrected chi connectivity index (χ0v) is 11.2. The first-order valence-corrected chi connectivity index (χ1v) is 6.19. The molecule has 0 amide bonds. The summed E-state index contributed by atoms with van der Waals surface area (Å²) in [5.41, 5.74) is 5.02. The van der Waals surface area contributed by atoms with Crippen LogP contribution in [0.2, 0.25) is 0 Å². The van der Waals surface area contributed by atoms with Gasteiger partial charge in [0.15, 0.2) is 0 Å².